The quantitative estimate of drug-likeness (QED) is 0.438. The Balaban J connectivity index is 1.74. The number of hydrogen-bond acceptors (Lipinski definition) is 5. The van der Waals surface area contributed by atoms with Gasteiger partial charge in [-0.3, -0.25) is 13.9 Å². The molecule has 0 saturated heterocycles. The summed E-state index contributed by atoms with van der Waals surface area (Å²) in [6, 6.07) is 15.0. The summed E-state index contributed by atoms with van der Waals surface area (Å²) in [5.41, 5.74) is 1.94. The number of aromatic nitrogens is 4. The topological polar surface area (TPSA) is 82.9 Å². The average Bonchev–Trinajstić information content (AvgIpc) is 3.23. The third-order valence-electron chi connectivity index (χ3n) is 5.19. The second kappa shape index (κ2) is 8.49. The molecule has 4 aromatic rings. The molecule has 4 rings (SSSR count). The summed E-state index contributed by atoms with van der Waals surface area (Å²) < 4.78 is 8.27. The number of para-hydroxylation sites is 1. The summed E-state index contributed by atoms with van der Waals surface area (Å²) in [7, 11) is 0. The van der Waals surface area contributed by atoms with E-state index in [-0.39, 0.29) is 17.8 Å². The molecule has 7 heteroatoms. The molecule has 2 aromatic heterocycles. The van der Waals surface area contributed by atoms with E-state index in [4.69, 9.17) is 4.52 Å². The number of fused-ring (bicyclic) bond motifs is 1. The number of rotatable bonds is 7. The van der Waals surface area contributed by atoms with Crippen LogP contribution in [0, 0.1) is 6.92 Å². The zero-order chi connectivity index (χ0) is 21.1. The van der Waals surface area contributed by atoms with E-state index in [0.29, 0.717) is 29.2 Å². The molecule has 0 fully saturated rings. The molecule has 0 aliphatic heterocycles. The zero-order valence-electron chi connectivity index (χ0n) is 17.2. The molecule has 0 amide bonds. The van der Waals surface area contributed by atoms with E-state index in [9.17, 15) is 9.59 Å². The fourth-order valence-corrected chi connectivity index (χ4v) is 3.52. The summed E-state index contributed by atoms with van der Waals surface area (Å²) in [4.78, 5) is 30.5. The Morgan fingerprint density at radius 3 is 2.50 bits per heavy atom. The smallest absolute Gasteiger partial charge is 0.331 e. The molecular weight excluding hydrogens is 380 g/mol. The fourth-order valence-electron chi connectivity index (χ4n) is 3.52. The highest BCUT2D eigenvalue weighted by atomic mass is 16.5. The van der Waals surface area contributed by atoms with Gasteiger partial charge in [0, 0.05) is 12.1 Å². The number of benzene rings is 2. The first kappa shape index (κ1) is 19.8. The van der Waals surface area contributed by atoms with Crippen molar-refractivity contribution in [1.82, 2.24) is 19.3 Å². The Bertz CT molecular complexity index is 1280. The van der Waals surface area contributed by atoms with Crippen LogP contribution in [-0.4, -0.2) is 19.3 Å². The van der Waals surface area contributed by atoms with Gasteiger partial charge in [-0.2, -0.15) is 4.98 Å². The van der Waals surface area contributed by atoms with Crippen molar-refractivity contribution in [1.29, 1.82) is 0 Å². The fraction of sp³-hybridized carbons (Fsp3) is 0.304. The molecule has 2 aromatic carbocycles. The Labute approximate surface area is 173 Å². The molecule has 2 heterocycles. The van der Waals surface area contributed by atoms with E-state index >= 15 is 0 Å². The minimum absolute atomic E-state index is 0.103. The Hall–Kier alpha value is -3.48. The molecule has 0 bridgehead atoms. The van der Waals surface area contributed by atoms with Gasteiger partial charge in [0.1, 0.15) is 6.54 Å². The van der Waals surface area contributed by atoms with E-state index in [2.05, 4.69) is 17.1 Å². The first-order valence-corrected chi connectivity index (χ1v) is 10.2. The van der Waals surface area contributed by atoms with Crippen molar-refractivity contribution < 1.29 is 4.52 Å². The second-order valence-corrected chi connectivity index (χ2v) is 7.43. The van der Waals surface area contributed by atoms with Crippen molar-refractivity contribution in [3.63, 3.8) is 0 Å². The van der Waals surface area contributed by atoms with E-state index in [1.165, 1.54) is 9.13 Å². The molecule has 30 heavy (non-hydrogen) atoms. The van der Waals surface area contributed by atoms with Crippen molar-refractivity contribution in [2.45, 2.75) is 46.2 Å². The molecule has 0 radical (unpaired) electrons. The molecule has 0 N–H and O–H groups in total. The molecule has 0 atom stereocenters. The maximum Gasteiger partial charge on any atom is 0.331 e. The van der Waals surface area contributed by atoms with Crippen molar-refractivity contribution in [3.8, 4) is 11.4 Å². The number of unbranched alkanes of at least 4 members (excludes halogenated alkanes) is 2. The van der Waals surface area contributed by atoms with Crippen molar-refractivity contribution >= 4 is 10.9 Å². The molecule has 154 valence electrons. The maximum atomic E-state index is 13.2. The minimum atomic E-state index is -0.357. The second-order valence-electron chi connectivity index (χ2n) is 7.43. The van der Waals surface area contributed by atoms with Crippen LogP contribution in [0.25, 0.3) is 22.3 Å². The molecule has 0 aliphatic rings. The maximum absolute atomic E-state index is 13.2. The van der Waals surface area contributed by atoms with Crippen LogP contribution in [0.2, 0.25) is 0 Å². The van der Waals surface area contributed by atoms with Gasteiger partial charge in [0.15, 0.2) is 0 Å². The van der Waals surface area contributed by atoms with Crippen LogP contribution in [0.4, 0.5) is 0 Å². The summed E-state index contributed by atoms with van der Waals surface area (Å²) in [6.07, 6.45) is 2.75. The highest BCUT2D eigenvalue weighted by molar-refractivity contribution is 5.77. The largest absolute Gasteiger partial charge is 0.337 e. The highest BCUT2D eigenvalue weighted by Gasteiger charge is 2.16. The lowest BCUT2D eigenvalue weighted by Crippen LogP contribution is -2.40. The van der Waals surface area contributed by atoms with Gasteiger partial charge in [-0.05, 0) is 25.5 Å². The van der Waals surface area contributed by atoms with Crippen LogP contribution in [0.3, 0.4) is 0 Å². The van der Waals surface area contributed by atoms with Gasteiger partial charge >= 0.3 is 5.69 Å². The van der Waals surface area contributed by atoms with E-state index < -0.39 is 0 Å². The monoisotopic (exact) mass is 404 g/mol. The number of aryl methyl sites for hydroxylation is 1. The highest BCUT2D eigenvalue weighted by Crippen LogP contribution is 2.17. The SMILES string of the molecule is CCCCCn1c(=O)c2ccccc2n(Cc2nc(-c3ccc(C)cc3)no2)c1=O. The van der Waals surface area contributed by atoms with E-state index in [1.54, 1.807) is 18.2 Å². The summed E-state index contributed by atoms with van der Waals surface area (Å²) in [5, 5.41) is 4.56. The molecule has 0 saturated carbocycles. The van der Waals surface area contributed by atoms with Crippen molar-refractivity contribution in [2.75, 3.05) is 0 Å². The van der Waals surface area contributed by atoms with E-state index in [1.807, 2.05) is 37.3 Å². The summed E-state index contributed by atoms with van der Waals surface area (Å²) in [6.45, 7) is 4.60. The van der Waals surface area contributed by atoms with Crippen LogP contribution in [0.5, 0.6) is 0 Å². The first-order valence-electron chi connectivity index (χ1n) is 10.2. The lowest BCUT2D eigenvalue weighted by Gasteiger charge is -2.12. The van der Waals surface area contributed by atoms with Gasteiger partial charge in [-0.15, -0.1) is 0 Å². The number of hydrogen-bond donors (Lipinski definition) is 0. The molecule has 7 nitrogen and oxygen atoms in total. The van der Waals surface area contributed by atoms with Gasteiger partial charge in [-0.25, -0.2) is 4.79 Å². The lowest BCUT2D eigenvalue weighted by molar-refractivity contribution is 0.369. The van der Waals surface area contributed by atoms with Crippen LogP contribution in [0.15, 0.2) is 62.6 Å². The standard InChI is InChI=1S/C23H24N4O3/c1-3-4-7-14-26-22(28)18-8-5-6-9-19(18)27(23(26)29)15-20-24-21(25-30-20)17-12-10-16(2)11-13-17/h5-6,8-13H,3-4,7,14-15H2,1-2H3. The third kappa shape index (κ3) is 3.83. The molecule has 0 aliphatic carbocycles. The predicted octanol–water partition coefficient (Wildman–Crippen LogP) is 3.76. The van der Waals surface area contributed by atoms with Crippen molar-refractivity contribution in [2.24, 2.45) is 0 Å². The third-order valence-corrected chi connectivity index (χ3v) is 5.19. The normalized spacial score (nSPS) is 11.3. The Morgan fingerprint density at radius 2 is 1.73 bits per heavy atom. The zero-order valence-corrected chi connectivity index (χ0v) is 17.2. The first-order chi connectivity index (χ1) is 14.6. The number of nitrogens with zero attached hydrogens (tertiary/aromatic N) is 4. The van der Waals surface area contributed by atoms with Gasteiger partial charge < -0.3 is 4.52 Å². The molecular formula is C23H24N4O3. The van der Waals surface area contributed by atoms with Crippen LogP contribution >= 0.6 is 0 Å². The van der Waals surface area contributed by atoms with Crippen LogP contribution in [-0.2, 0) is 13.1 Å². The molecule has 0 unspecified atom stereocenters. The van der Waals surface area contributed by atoms with E-state index in [0.717, 1.165) is 30.4 Å². The van der Waals surface area contributed by atoms with Gasteiger partial charge in [0.05, 0.1) is 10.9 Å². The lowest BCUT2D eigenvalue weighted by atomic mass is 10.1. The summed E-state index contributed by atoms with van der Waals surface area (Å²) >= 11 is 0. The van der Waals surface area contributed by atoms with Crippen molar-refractivity contribution in [3.05, 3.63) is 80.8 Å². The van der Waals surface area contributed by atoms with Crippen LogP contribution in [0.1, 0.15) is 37.6 Å². The van der Waals surface area contributed by atoms with Crippen LogP contribution < -0.4 is 11.2 Å². The van der Waals surface area contributed by atoms with Gasteiger partial charge in [0.2, 0.25) is 11.7 Å². The average molecular weight is 404 g/mol. The van der Waals surface area contributed by atoms with Gasteiger partial charge in [-0.1, -0.05) is 66.9 Å². The molecule has 0 spiro atoms. The minimum Gasteiger partial charge on any atom is -0.337 e. The summed E-state index contributed by atoms with van der Waals surface area (Å²) in [5.74, 6) is 0.787. The Kier molecular flexibility index (Phi) is 5.61. The van der Waals surface area contributed by atoms with Gasteiger partial charge in [0.25, 0.3) is 5.56 Å². The Morgan fingerprint density at radius 1 is 0.967 bits per heavy atom. The predicted molar refractivity (Wildman–Crippen MR) is 116 cm³/mol.